The fourth-order valence-corrected chi connectivity index (χ4v) is 2.03. The molecule has 93 valence electrons. The lowest BCUT2D eigenvalue weighted by molar-refractivity contribution is -0.138. The molecule has 0 saturated heterocycles. The van der Waals surface area contributed by atoms with E-state index in [4.69, 9.17) is 0 Å². The molecule has 0 spiro atoms. The van der Waals surface area contributed by atoms with Gasteiger partial charge in [-0.05, 0) is 18.3 Å². The lowest BCUT2D eigenvalue weighted by Gasteiger charge is -2.42. The number of hydrogen-bond acceptors (Lipinski definition) is 1. The standard InChI is InChI=1S/C14H28BO/c1-8-11(2)12(16)14(6,9-10-15-7)13(3,4)5/h11H,8-10H2,1-7H3. The zero-order valence-corrected chi connectivity index (χ0v) is 12.2. The highest BCUT2D eigenvalue weighted by Gasteiger charge is 2.44. The molecule has 0 aromatic heterocycles. The van der Waals surface area contributed by atoms with Gasteiger partial charge in [0.25, 0.3) is 0 Å². The van der Waals surface area contributed by atoms with Crippen molar-refractivity contribution < 1.29 is 4.79 Å². The highest BCUT2D eigenvalue weighted by molar-refractivity contribution is 6.33. The summed E-state index contributed by atoms with van der Waals surface area (Å²) in [5, 5.41) is 0. The van der Waals surface area contributed by atoms with E-state index < -0.39 is 0 Å². The smallest absolute Gasteiger partial charge is 0.142 e. The molecule has 1 nitrogen and oxygen atoms in total. The van der Waals surface area contributed by atoms with Crippen LogP contribution in [0.15, 0.2) is 0 Å². The zero-order valence-electron chi connectivity index (χ0n) is 12.2. The van der Waals surface area contributed by atoms with Gasteiger partial charge in [0, 0.05) is 11.3 Å². The molecule has 0 aromatic rings. The molecule has 0 N–H and O–H groups in total. The van der Waals surface area contributed by atoms with Crippen molar-refractivity contribution >= 4 is 13.1 Å². The first-order valence-corrected chi connectivity index (χ1v) is 6.52. The second-order valence-corrected chi connectivity index (χ2v) is 6.20. The monoisotopic (exact) mass is 223 g/mol. The summed E-state index contributed by atoms with van der Waals surface area (Å²) >= 11 is 0. The first-order chi connectivity index (χ1) is 7.20. The molecule has 0 saturated carbocycles. The molecule has 0 heterocycles. The molecule has 2 heteroatoms. The third-order valence-electron chi connectivity index (χ3n) is 4.19. The van der Waals surface area contributed by atoms with E-state index in [1.54, 1.807) is 0 Å². The van der Waals surface area contributed by atoms with Gasteiger partial charge < -0.3 is 0 Å². The van der Waals surface area contributed by atoms with Gasteiger partial charge in [-0.3, -0.25) is 4.79 Å². The van der Waals surface area contributed by atoms with Crippen LogP contribution >= 0.6 is 0 Å². The van der Waals surface area contributed by atoms with E-state index in [1.165, 1.54) is 0 Å². The summed E-state index contributed by atoms with van der Waals surface area (Å²) in [6.45, 7) is 14.9. The third-order valence-corrected chi connectivity index (χ3v) is 4.19. The Balaban J connectivity index is 5.00. The number of rotatable bonds is 6. The van der Waals surface area contributed by atoms with Gasteiger partial charge in [0.2, 0.25) is 0 Å². The van der Waals surface area contributed by atoms with E-state index in [0.717, 1.165) is 19.2 Å². The second-order valence-electron chi connectivity index (χ2n) is 6.20. The van der Waals surface area contributed by atoms with E-state index in [9.17, 15) is 4.79 Å². The zero-order chi connectivity index (χ0) is 13.0. The highest BCUT2D eigenvalue weighted by atomic mass is 16.1. The minimum Gasteiger partial charge on any atom is -0.299 e. The Kier molecular flexibility index (Phi) is 5.79. The molecule has 0 aliphatic heterocycles. The van der Waals surface area contributed by atoms with Crippen molar-refractivity contribution in [3.8, 4) is 0 Å². The van der Waals surface area contributed by atoms with Gasteiger partial charge in [0.1, 0.15) is 13.1 Å². The van der Waals surface area contributed by atoms with Crippen LogP contribution in [0.5, 0.6) is 0 Å². The summed E-state index contributed by atoms with van der Waals surface area (Å²) in [6, 6.07) is 0. The van der Waals surface area contributed by atoms with Crippen molar-refractivity contribution in [3.05, 3.63) is 0 Å². The number of hydrogen-bond donors (Lipinski definition) is 0. The number of Topliss-reactive ketones (excluding diaryl/α,β-unsaturated/α-hetero) is 1. The van der Waals surface area contributed by atoms with E-state index >= 15 is 0 Å². The minimum absolute atomic E-state index is 0.0382. The Morgan fingerprint density at radius 1 is 1.25 bits per heavy atom. The number of carbonyl (C=O) groups is 1. The molecule has 0 aromatic carbocycles. The average Bonchev–Trinajstić information content (AvgIpc) is 2.21. The SMILES string of the molecule is C[B]CCC(C)(C(=O)C(C)CC)C(C)(C)C. The Labute approximate surface area is 103 Å². The summed E-state index contributed by atoms with van der Waals surface area (Å²) in [4.78, 5) is 12.5. The first kappa shape index (κ1) is 15.7. The fourth-order valence-electron chi connectivity index (χ4n) is 2.03. The van der Waals surface area contributed by atoms with Crippen LogP contribution in [-0.4, -0.2) is 13.1 Å². The van der Waals surface area contributed by atoms with Crippen molar-refractivity contribution in [1.29, 1.82) is 0 Å². The lowest BCUT2D eigenvalue weighted by atomic mass is 9.57. The predicted octanol–water partition coefficient (Wildman–Crippen LogP) is 4.21. The van der Waals surface area contributed by atoms with Crippen LogP contribution < -0.4 is 0 Å². The molecule has 2 unspecified atom stereocenters. The first-order valence-electron chi connectivity index (χ1n) is 6.52. The molecule has 0 bridgehead atoms. The fraction of sp³-hybridized carbons (Fsp3) is 0.929. The van der Waals surface area contributed by atoms with Gasteiger partial charge in [-0.15, -0.1) is 0 Å². The molecule has 2 atom stereocenters. The van der Waals surface area contributed by atoms with Crippen molar-refractivity contribution in [2.24, 2.45) is 16.7 Å². The quantitative estimate of drug-likeness (QED) is 0.616. The van der Waals surface area contributed by atoms with Gasteiger partial charge in [-0.25, -0.2) is 0 Å². The Bertz CT molecular complexity index is 229. The Morgan fingerprint density at radius 3 is 2.06 bits per heavy atom. The molecule has 0 fully saturated rings. The maximum absolute atomic E-state index is 12.5. The van der Waals surface area contributed by atoms with Crippen LogP contribution in [0.4, 0.5) is 0 Å². The van der Waals surface area contributed by atoms with Crippen LogP contribution in [0.3, 0.4) is 0 Å². The summed E-state index contributed by atoms with van der Waals surface area (Å²) in [5.74, 6) is 0.616. The topological polar surface area (TPSA) is 17.1 Å². The van der Waals surface area contributed by atoms with E-state index in [1.807, 2.05) is 0 Å². The second kappa shape index (κ2) is 5.88. The van der Waals surface area contributed by atoms with E-state index in [-0.39, 0.29) is 16.7 Å². The molecule has 0 rings (SSSR count). The minimum atomic E-state index is -0.199. The third kappa shape index (κ3) is 3.36. The maximum atomic E-state index is 12.5. The Hall–Kier alpha value is -0.265. The van der Waals surface area contributed by atoms with Gasteiger partial charge in [0.15, 0.2) is 0 Å². The van der Waals surface area contributed by atoms with Gasteiger partial charge in [-0.2, -0.15) is 0 Å². The van der Waals surface area contributed by atoms with Crippen LogP contribution in [0, 0.1) is 16.7 Å². The molecule has 0 aliphatic rings. The summed E-state index contributed by atoms with van der Waals surface area (Å²) in [5.41, 5.74) is -0.161. The van der Waals surface area contributed by atoms with E-state index in [0.29, 0.717) is 5.78 Å². The van der Waals surface area contributed by atoms with E-state index in [2.05, 4.69) is 55.6 Å². The predicted molar refractivity (Wildman–Crippen MR) is 73.1 cm³/mol. The van der Waals surface area contributed by atoms with Crippen molar-refractivity contribution in [1.82, 2.24) is 0 Å². The molecule has 16 heavy (non-hydrogen) atoms. The molecule has 0 aliphatic carbocycles. The van der Waals surface area contributed by atoms with Crippen molar-refractivity contribution in [3.63, 3.8) is 0 Å². The van der Waals surface area contributed by atoms with Crippen molar-refractivity contribution in [2.75, 3.05) is 0 Å². The summed E-state index contributed by atoms with van der Waals surface area (Å²) < 4.78 is 0. The number of ketones is 1. The molecule has 0 amide bonds. The molecular formula is C14H28BO. The largest absolute Gasteiger partial charge is 0.299 e. The summed E-state index contributed by atoms with van der Waals surface area (Å²) in [6.07, 6.45) is 2.94. The molecular weight excluding hydrogens is 195 g/mol. The number of carbonyl (C=O) groups excluding carboxylic acids is 1. The normalized spacial score (nSPS) is 17.7. The van der Waals surface area contributed by atoms with Gasteiger partial charge in [0.05, 0.1) is 0 Å². The van der Waals surface area contributed by atoms with Crippen LogP contribution in [0.2, 0.25) is 13.1 Å². The van der Waals surface area contributed by atoms with Gasteiger partial charge in [-0.1, -0.05) is 54.7 Å². The Morgan fingerprint density at radius 2 is 1.75 bits per heavy atom. The van der Waals surface area contributed by atoms with Crippen LogP contribution in [0.1, 0.15) is 54.4 Å². The van der Waals surface area contributed by atoms with Crippen LogP contribution in [-0.2, 0) is 4.79 Å². The maximum Gasteiger partial charge on any atom is 0.142 e. The lowest BCUT2D eigenvalue weighted by Crippen LogP contribution is -2.43. The highest BCUT2D eigenvalue weighted by Crippen LogP contribution is 2.45. The molecule has 1 radical (unpaired) electrons. The summed E-state index contributed by atoms with van der Waals surface area (Å²) in [7, 11) is 2.16. The van der Waals surface area contributed by atoms with Gasteiger partial charge >= 0.3 is 0 Å². The average molecular weight is 223 g/mol. The van der Waals surface area contributed by atoms with Crippen LogP contribution in [0.25, 0.3) is 0 Å². The van der Waals surface area contributed by atoms with Crippen molar-refractivity contribution in [2.45, 2.75) is 67.5 Å².